The maximum atomic E-state index is 13.0. The zero-order valence-electron chi connectivity index (χ0n) is 15.4. The van der Waals surface area contributed by atoms with Crippen molar-refractivity contribution >= 4 is 5.91 Å². The van der Waals surface area contributed by atoms with Crippen LogP contribution in [0.1, 0.15) is 42.8 Å². The molecule has 1 fully saturated rings. The summed E-state index contributed by atoms with van der Waals surface area (Å²) in [7, 11) is 0. The van der Waals surface area contributed by atoms with Crippen LogP contribution in [0.15, 0.2) is 36.4 Å². The molecule has 5 heteroatoms. The summed E-state index contributed by atoms with van der Waals surface area (Å²) in [5.41, 5.74) is 3.20. The van der Waals surface area contributed by atoms with Crippen LogP contribution in [0.2, 0.25) is 0 Å². The van der Waals surface area contributed by atoms with Crippen LogP contribution in [0, 0.1) is 13.8 Å². The van der Waals surface area contributed by atoms with E-state index >= 15 is 0 Å². The molecule has 134 valence electrons. The standard InChI is InChI=1S/C20H28N4O/c1-15-13-17(3)24(22-15)14-16(2)21-20(25)19(23-11-7-8-12-23)18-9-5-4-6-10-18/h4-6,9-10,13,16,19H,7-8,11-12,14H2,1-3H3,(H,21,25)/t16-,19-/m0/s1. The molecule has 0 bridgehead atoms. The Morgan fingerprint density at radius 2 is 1.88 bits per heavy atom. The zero-order chi connectivity index (χ0) is 17.8. The van der Waals surface area contributed by atoms with Gasteiger partial charge in [-0.3, -0.25) is 14.4 Å². The molecule has 25 heavy (non-hydrogen) atoms. The number of likely N-dealkylation sites (tertiary alicyclic amines) is 1. The monoisotopic (exact) mass is 340 g/mol. The van der Waals surface area contributed by atoms with Gasteiger partial charge in [0, 0.05) is 11.7 Å². The lowest BCUT2D eigenvalue weighted by atomic mass is 10.0. The lowest BCUT2D eigenvalue weighted by molar-refractivity contribution is -0.127. The lowest BCUT2D eigenvalue weighted by Crippen LogP contribution is -2.44. The Morgan fingerprint density at radius 3 is 2.48 bits per heavy atom. The summed E-state index contributed by atoms with van der Waals surface area (Å²) in [6, 6.07) is 12.0. The van der Waals surface area contributed by atoms with Crippen LogP contribution in [0.3, 0.4) is 0 Å². The highest BCUT2D eigenvalue weighted by molar-refractivity contribution is 5.83. The summed E-state index contributed by atoms with van der Waals surface area (Å²) >= 11 is 0. The molecule has 1 aliphatic rings. The summed E-state index contributed by atoms with van der Waals surface area (Å²) in [6.45, 7) is 8.74. The number of aryl methyl sites for hydroxylation is 2. The molecule has 2 aromatic rings. The highest BCUT2D eigenvalue weighted by Crippen LogP contribution is 2.25. The Bertz CT molecular complexity index is 704. The van der Waals surface area contributed by atoms with Crippen molar-refractivity contribution in [1.29, 1.82) is 0 Å². The number of nitrogens with zero attached hydrogens (tertiary/aromatic N) is 3. The summed E-state index contributed by atoms with van der Waals surface area (Å²) in [4.78, 5) is 15.3. The van der Waals surface area contributed by atoms with E-state index in [4.69, 9.17) is 0 Å². The molecule has 1 aromatic heterocycles. The minimum Gasteiger partial charge on any atom is -0.350 e. The maximum Gasteiger partial charge on any atom is 0.242 e. The molecule has 1 amide bonds. The average molecular weight is 340 g/mol. The van der Waals surface area contributed by atoms with E-state index in [1.54, 1.807) is 0 Å². The van der Waals surface area contributed by atoms with E-state index in [0.29, 0.717) is 6.54 Å². The van der Waals surface area contributed by atoms with Gasteiger partial charge >= 0.3 is 0 Å². The van der Waals surface area contributed by atoms with Gasteiger partial charge in [0.25, 0.3) is 0 Å². The second-order valence-electron chi connectivity index (χ2n) is 7.08. The van der Waals surface area contributed by atoms with E-state index < -0.39 is 0 Å². The molecule has 2 heterocycles. The van der Waals surface area contributed by atoms with Crippen LogP contribution in [0.5, 0.6) is 0 Å². The van der Waals surface area contributed by atoms with Crippen molar-refractivity contribution in [3.63, 3.8) is 0 Å². The first-order chi connectivity index (χ1) is 12.0. The van der Waals surface area contributed by atoms with Crippen molar-refractivity contribution in [3.8, 4) is 0 Å². The van der Waals surface area contributed by atoms with Gasteiger partial charge in [0.2, 0.25) is 5.91 Å². The van der Waals surface area contributed by atoms with Gasteiger partial charge in [-0.25, -0.2) is 0 Å². The second kappa shape index (κ2) is 7.83. The molecule has 0 saturated carbocycles. The summed E-state index contributed by atoms with van der Waals surface area (Å²) < 4.78 is 1.97. The Morgan fingerprint density at radius 1 is 1.20 bits per heavy atom. The van der Waals surface area contributed by atoms with Gasteiger partial charge in [0.1, 0.15) is 6.04 Å². The van der Waals surface area contributed by atoms with E-state index in [0.717, 1.165) is 42.9 Å². The van der Waals surface area contributed by atoms with Gasteiger partial charge in [0.05, 0.1) is 12.2 Å². The number of benzene rings is 1. The minimum atomic E-state index is -0.202. The van der Waals surface area contributed by atoms with Gasteiger partial charge < -0.3 is 5.32 Å². The zero-order valence-corrected chi connectivity index (χ0v) is 15.4. The average Bonchev–Trinajstić information content (AvgIpc) is 3.19. The highest BCUT2D eigenvalue weighted by atomic mass is 16.2. The fourth-order valence-corrected chi connectivity index (χ4v) is 3.65. The summed E-state index contributed by atoms with van der Waals surface area (Å²) in [5.74, 6) is 0.0853. The van der Waals surface area contributed by atoms with Crippen LogP contribution in [-0.4, -0.2) is 39.7 Å². The molecule has 1 aliphatic heterocycles. The van der Waals surface area contributed by atoms with Crippen molar-refractivity contribution in [1.82, 2.24) is 20.0 Å². The Balaban J connectivity index is 1.70. The van der Waals surface area contributed by atoms with Gasteiger partial charge in [-0.15, -0.1) is 0 Å². The third-order valence-corrected chi connectivity index (χ3v) is 4.81. The van der Waals surface area contributed by atoms with Gasteiger partial charge in [-0.2, -0.15) is 5.10 Å². The van der Waals surface area contributed by atoms with E-state index in [2.05, 4.69) is 21.4 Å². The number of hydrogen-bond donors (Lipinski definition) is 1. The first-order valence-electron chi connectivity index (χ1n) is 9.15. The van der Waals surface area contributed by atoms with Gasteiger partial charge in [0.15, 0.2) is 0 Å². The first kappa shape index (κ1) is 17.7. The fraction of sp³-hybridized carbons (Fsp3) is 0.500. The molecular formula is C20H28N4O. The van der Waals surface area contributed by atoms with Gasteiger partial charge in [-0.05, 0) is 58.3 Å². The predicted octanol–water partition coefficient (Wildman–Crippen LogP) is 2.84. The minimum absolute atomic E-state index is 0.0271. The number of hydrogen-bond acceptors (Lipinski definition) is 3. The van der Waals surface area contributed by atoms with Crippen LogP contribution >= 0.6 is 0 Å². The molecule has 2 atom stereocenters. The van der Waals surface area contributed by atoms with Crippen molar-refractivity contribution < 1.29 is 4.79 Å². The number of amides is 1. The number of nitrogens with one attached hydrogen (secondary N) is 1. The van der Waals surface area contributed by atoms with Crippen molar-refractivity contribution in [2.75, 3.05) is 13.1 Å². The molecule has 0 spiro atoms. The van der Waals surface area contributed by atoms with Gasteiger partial charge in [-0.1, -0.05) is 30.3 Å². The normalized spacial score (nSPS) is 17.4. The summed E-state index contributed by atoms with van der Waals surface area (Å²) in [5, 5.41) is 7.69. The van der Waals surface area contributed by atoms with E-state index in [-0.39, 0.29) is 18.0 Å². The number of rotatable bonds is 6. The first-order valence-corrected chi connectivity index (χ1v) is 9.15. The van der Waals surface area contributed by atoms with Crippen LogP contribution in [-0.2, 0) is 11.3 Å². The number of carbonyl (C=O) groups excluding carboxylic acids is 1. The Kier molecular flexibility index (Phi) is 5.53. The molecule has 3 rings (SSSR count). The third kappa shape index (κ3) is 4.28. The quantitative estimate of drug-likeness (QED) is 0.880. The third-order valence-electron chi connectivity index (χ3n) is 4.81. The van der Waals surface area contributed by atoms with Crippen molar-refractivity contribution in [2.24, 2.45) is 0 Å². The van der Waals surface area contributed by atoms with Crippen LogP contribution in [0.25, 0.3) is 0 Å². The van der Waals surface area contributed by atoms with Crippen LogP contribution in [0.4, 0.5) is 0 Å². The molecule has 5 nitrogen and oxygen atoms in total. The van der Waals surface area contributed by atoms with E-state index in [1.807, 2.05) is 55.8 Å². The lowest BCUT2D eigenvalue weighted by Gasteiger charge is -2.28. The molecule has 0 aliphatic carbocycles. The molecule has 1 aromatic carbocycles. The largest absolute Gasteiger partial charge is 0.350 e. The number of carbonyl (C=O) groups is 1. The smallest absolute Gasteiger partial charge is 0.242 e. The molecular weight excluding hydrogens is 312 g/mol. The fourth-order valence-electron chi connectivity index (χ4n) is 3.65. The van der Waals surface area contributed by atoms with Crippen molar-refractivity contribution in [3.05, 3.63) is 53.3 Å². The summed E-state index contributed by atoms with van der Waals surface area (Å²) in [6.07, 6.45) is 2.33. The Hall–Kier alpha value is -2.14. The topological polar surface area (TPSA) is 50.2 Å². The highest BCUT2D eigenvalue weighted by Gasteiger charge is 2.30. The van der Waals surface area contributed by atoms with Crippen molar-refractivity contribution in [2.45, 2.75) is 52.2 Å². The molecule has 0 unspecified atom stereocenters. The number of aromatic nitrogens is 2. The molecule has 0 radical (unpaired) electrons. The maximum absolute atomic E-state index is 13.0. The predicted molar refractivity (Wildman–Crippen MR) is 99.3 cm³/mol. The molecule has 1 saturated heterocycles. The van der Waals surface area contributed by atoms with E-state index in [9.17, 15) is 4.79 Å². The van der Waals surface area contributed by atoms with Crippen LogP contribution < -0.4 is 5.32 Å². The molecule has 1 N–H and O–H groups in total. The van der Waals surface area contributed by atoms with E-state index in [1.165, 1.54) is 0 Å². The SMILES string of the molecule is Cc1cc(C)n(C[C@H](C)NC(=O)[C@H](c2ccccc2)N2CCCC2)n1. The Labute approximate surface area is 150 Å². The second-order valence-corrected chi connectivity index (χ2v) is 7.08.